The molecule has 2 aromatic rings. The fourth-order valence-electron chi connectivity index (χ4n) is 2.07. The molecule has 0 aromatic carbocycles. The van der Waals surface area contributed by atoms with E-state index in [0.717, 1.165) is 23.1 Å². The van der Waals surface area contributed by atoms with Gasteiger partial charge in [0.25, 0.3) is 0 Å². The van der Waals surface area contributed by atoms with Crippen LogP contribution < -0.4 is 10.2 Å². The fourth-order valence-corrected chi connectivity index (χ4v) is 2.49. The number of amides is 1. The highest BCUT2D eigenvalue weighted by Crippen LogP contribution is 2.39. The lowest BCUT2D eigenvalue weighted by Crippen LogP contribution is -2.31. The van der Waals surface area contributed by atoms with Gasteiger partial charge in [-0.25, -0.2) is 15.0 Å². The Hall–Kier alpha value is -1.73. The summed E-state index contributed by atoms with van der Waals surface area (Å²) in [6.07, 6.45) is 3.82. The Kier molecular flexibility index (Phi) is 4.77. The van der Waals surface area contributed by atoms with Gasteiger partial charge in [0.1, 0.15) is 22.6 Å². The first-order valence-corrected chi connectivity index (χ1v) is 8.35. The Bertz CT molecular complexity index is 720. The molecule has 0 atom stereocenters. The molecular formula is C15H15BrClN5O. The van der Waals surface area contributed by atoms with E-state index in [-0.39, 0.29) is 12.5 Å². The predicted molar refractivity (Wildman–Crippen MR) is 92.9 cm³/mol. The number of hydrogen-bond acceptors (Lipinski definition) is 5. The molecule has 120 valence electrons. The summed E-state index contributed by atoms with van der Waals surface area (Å²) in [7, 11) is 1.80. The lowest BCUT2D eigenvalue weighted by atomic mass is 10.3. The van der Waals surface area contributed by atoms with Crippen LogP contribution in [-0.4, -0.2) is 34.5 Å². The van der Waals surface area contributed by atoms with Crippen LogP contribution in [0.25, 0.3) is 0 Å². The minimum absolute atomic E-state index is 0.148. The van der Waals surface area contributed by atoms with Crippen molar-refractivity contribution in [1.29, 1.82) is 0 Å². The van der Waals surface area contributed by atoms with E-state index in [1.807, 2.05) is 6.07 Å². The van der Waals surface area contributed by atoms with E-state index in [4.69, 9.17) is 11.6 Å². The molecule has 0 radical (unpaired) electrons. The van der Waals surface area contributed by atoms with Gasteiger partial charge >= 0.3 is 0 Å². The Labute approximate surface area is 147 Å². The van der Waals surface area contributed by atoms with Gasteiger partial charge in [-0.15, -0.1) is 0 Å². The molecule has 8 heteroatoms. The maximum Gasteiger partial charge on any atom is 0.245 e. The molecule has 6 nitrogen and oxygen atoms in total. The van der Waals surface area contributed by atoms with Crippen LogP contribution in [0.5, 0.6) is 0 Å². The molecule has 1 aliphatic carbocycles. The van der Waals surface area contributed by atoms with Crippen LogP contribution in [-0.2, 0) is 4.79 Å². The van der Waals surface area contributed by atoms with Crippen molar-refractivity contribution in [2.45, 2.75) is 18.8 Å². The van der Waals surface area contributed by atoms with E-state index in [2.05, 4.69) is 36.2 Å². The summed E-state index contributed by atoms with van der Waals surface area (Å²) < 4.78 is 0.857. The van der Waals surface area contributed by atoms with Gasteiger partial charge in [0.2, 0.25) is 5.91 Å². The first kappa shape index (κ1) is 16.1. The molecule has 2 aromatic heterocycles. The second kappa shape index (κ2) is 6.80. The number of carbonyl (C=O) groups excluding carboxylic acids is 1. The smallest absolute Gasteiger partial charge is 0.245 e. The van der Waals surface area contributed by atoms with Crippen LogP contribution in [0.15, 0.2) is 28.9 Å². The zero-order valence-electron chi connectivity index (χ0n) is 12.5. The summed E-state index contributed by atoms with van der Waals surface area (Å²) >= 11 is 9.36. The van der Waals surface area contributed by atoms with Crippen molar-refractivity contribution >= 4 is 45.1 Å². The van der Waals surface area contributed by atoms with Crippen LogP contribution in [0.2, 0.25) is 5.15 Å². The lowest BCUT2D eigenvalue weighted by molar-refractivity contribution is -0.114. The van der Waals surface area contributed by atoms with E-state index in [0.29, 0.717) is 22.7 Å². The number of likely N-dealkylation sites (N-methyl/N-ethyl adjacent to an activating group) is 1. The highest BCUT2D eigenvalue weighted by atomic mass is 79.9. The van der Waals surface area contributed by atoms with Crippen molar-refractivity contribution in [3.63, 3.8) is 0 Å². The minimum Gasteiger partial charge on any atom is -0.350 e. The van der Waals surface area contributed by atoms with Gasteiger partial charge in [-0.3, -0.25) is 4.79 Å². The van der Waals surface area contributed by atoms with Crippen molar-refractivity contribution in [3.8, 4) is 0 Å². The number of aromatic nitrogens is 3. The summed E-state index contributed by atoms with van der Waals surface area (Å²) in [6, 6.07) is 5.21. The number of rotatable bonds is 5. The van der Waals surface area contributed by atoms with Crippen molar-refractivity contribution in [2.75, 3.05) is 23.8 Å². The molecule has 0 spiro atoms. The molecule has 1 fully saturated rings. The van der Waals surface area contributed by atoms with Gasteiger partial charge in [-0.1, -0.05) is 11.6 Å². The molecule has 2 heterocycles. The average molecular weight is 397 g/mol. The van der Waals surface area contributed by atoms with E-state index >= 15 is 0 Å². The van der Waals surface area contributed by atoms with Crippen LogP contribution in [0.3, 0.4) is 0 Å². The van der Waals surface area contributed by atoms with Gasteiger partial charge in [-0.2, -0.15) is 0 Å². The molecule has 1 amide bonds. The number of nitrogens with zero attached hydrogens (tertiary/aromatic N) is 4. The summed E-state index contributed by atoms with van der Waals surface area (Å²) in [5, 5.41) is 3.15. The topological polar surface area (TPSA) is 71.0 Å². The van der Waals surface area contributed by atoms with Crippen LogP contribution in [0.4, 0.5) is 11.6 Å². The summed E-state index contributed by atoms with van der Waals surface area (Å²) in [4.78, 5) is 26.7. The Morgan fingerprint density at radius 3 is 2.87 bits per heavy atom. The summed E-state index contributed by atoms with van der Waals surface area (Å²) in [6.45, 7) is 0.148. The first-order valence-electron chi connectivity index (χ1n) is 7.18. The Morgan fingerprint density at radius 2 is 2.22 bits per heavy atom. The third-order valence-electron chi connectivity index (χ3n) is 3.41. The van der Waals surface area contributed by atoms with Crippen LogP contribution in [0, 0.1) is 0 Å². The summed E-state index contributed by atoms with van der Waals surface area (Å²) in [5.41, 5.74) is 0. The number of hydrogen-bond donors (Lipinski definition) is 1. The standard InChI is InChI=1S/C15H15BrClN5O/c1-22(8-14(23)20-12-5-4-10(16)7-18-12)13-6-11(17)19-15(21-13)9-2-3-9/h4-7,9H,2-3,8H2,1H3,(H,18,20,23). The number of pyridine rings is 1. The van der Waals surface area contributed by atoms with E-state index in [1.165, 1.54) is 0 Å². The molecule has 23 heavy (non-hydrogen) atoms. The van der Waals surface area contributed by atoms with Crippen molar-refractivity contribution in [1.82, 2.24) is 15.0 Å². The molecule has 1 N–H and O–H groups in total. The quantitative estimate of drug-likeness (QED) is 0.786. The maximum absolute atomic E-state index is 12.1. The van der Waals surface area contributed by atoms with Crippen LogP contribution >= 0.6 is 27.5 Å². The molecule has 0 unspecified atom stereocenters. The number of halogens is 2. The zero-order chi connectivity index (χ0) is 16.4. The first-order chi connectivity index (χ1) is 11.0. The predicted octanol–water partition coefficient (Wildman–Crippen LogP) is 3.24. The van der Waals surface area contributed by atoms with Crippen molar-refractivity contribution in [2.24, 2.45) is 0 Å². The molecule has 1 saturated carbocycles. The maximum atomic E-state index is 12.1. The average Bonchev–Trinajstić information content (AvgIpc) is 3.33. The number of carbonyl (C=O) groups is 1. The van der Waals surface area contributed by atoms with Gasteiger partial charge in [-0.05, 0) is 40.9 Å². The Balaban J connectivity index is 1.65. The lowest BCUT2D eigenvalue weighted by Gasteiger charge is -2.18. The SMILES string of the molecule is CN(CC(=O)Nc1ccc(Br)cn1)c1cc(Cl)nc(C2CC2)n1. The van der Waals surface area contributed by atoms with Gasteiger partial charge in [0.05, 0.1) is 6.54 Å². The third-order valence-corrected chi connectivity index (χ3v) is 4.07. The number of nitrogens with one attached hydrogen (secondary N) is 1. The highest BCUT2D eigenvalue weighted by Gasteiger charge is 2.27. The summed E-state index contributed by atoms with van der Waals surface area (Å²) in [5.74, 6) is 2.14. The van der Waals surface area contributed by atoms with E-state index < -0.39 is 0 Å². The van der Waals surface area contributed by atoms with E-state index in [1.54, 1.807) is 30.3 Å². The second-order valence-electron chi connectivity index (χ2n) is 5.45. The van der Waals surface area contributed by atoms with Gasteiger partial charge in [0.15, 0.2) is 0 Å². The van der Waals surface area contributed by atoms with Crippen molar-refractivity contribution in [3.05, 3.63) is 39.8 Å². The van der Waals surface area contributed by atoms with E-state index in [9.17, 15) is 4.79 Å². The second-order valence-corrected chi connectivity index (χ2v) is 6.75. The zero-order valence-corrected chi connectivity index (χ0v) is 14.8. The normalized spacial score (nSPS) is 13.7. The molecule has 1 aliphatic rings. The minimum atomic E-state index is -0.176. The molecule has 3 rings (SSSR count). The monoisotopic (exact) mass is 395 g/mol. The fraction of sp³-hybridized carbons (Fsp3) is 0.333. The molecule has 0 bridgehead atoms. The number of anilines is 2. The van der Waals surface area contributed by atoms with Gasteiger partial charge < -0.3 is 10.2 Å². The van der Waals surface area contributed by atoms with Crippen molar-refractivity contribution < 1.29 is 4.79 Å². The highest BCUT2D eigenvalue weighted by molar-refractivity contribution is 9.10. The van der Waals surface area contributed by atoms with Gasteiger partial charge in [0, 0.05) is 29.7 Å². The molecular weight excluding hydrogens is 382 g/mol. The third kappa shape index (κ3) is 4.39. The van der Waals surface area contributed by atoms with Crippen LogP contribution in [0.1, 0.15) is 24.6 Å². The molecule has 0 aliphatic heterocycles. The largest absolute Gasteiger partial charge is 0.350 e. The Morgan fingerprint density at radius 1 is 1.43 bits per heavy atom. The molecule has 0 saturated heterocycles.